The molecule has 1 saturated heterocycles. The predicted octanol–water partition coefficient (Wildman–Crippen LogP) is 0.583. The second kappa shape index (κ2) is 5.17. The zero-order chi connectivity index (χ0) is 10.6. The van der Waals surface area contributed by atoms with Gasteiger partial charge in [-0.2, -0.15) is 8.78 Å². The Labute approximate surface area is 82.0 Å². The molecule has 0 radical (unpaired) electrons. The fraction of sp³-hybridized carbons (Fsp3) is 0.667. The van der Waals surface area contributed by atoms with E-state index in [2.05, 4.69) is 4.90 Å². The average Bonchev–Trinajstić information content (AvgIpc) is 2.07. The lowest BCUT2D eigenvalue weighted by atomic mass is 10.3. The molecule has 0 N–H and O–H groups in total. The third-order valence-electron chi connectivity index (χ3n) is 2.25. The minimum absolute atomic E-state index is 0.102. The van der Waals surface area contributed by atoms with E-state index in [1.165, 1.54) is 0 Å². The Morgan fingerprint density at radius 3 is 2.36 bits per heavy atom. The fourth-order valence-corrected chi connectivity index (χ4v) is 1.39. The Morgan fingerprint density at radius 1 is 1.29 bits per heavy atom. The number of carbonyl (C=O) groups is 1. The van der Waals surface area contributed by atoms with Crippen LogP contribution in [0, 0.1) is 0 Å². The van der Waals surface area contributed by atoms with Gasteiger partial charge in [-0.25, -0.2) is 0 Å². The Hall–Kier alpha value is -0.810. The molecule has 0 unspecified atom stereocenters. The number of ketones is 1. The topological polar surface area (TPSA) is 23.6 Å². The second-order valence-corrected chi connectivity index (χ2v) is 3.48. The van der Waals surface area contributed by atoms with Gasteiger partial charge in [0.05, 0.1) is 6.54 Å². The van der Waals surface area contributed by atoms with Crippen LogP contribution in [0.15, 0.2) is 12.2 Å². The van der Waals surface area contributed by atoms with Crippen LogP contribution >= 0.6 is 0 Å². The minimum atomic E-state index is -1.91. The van der Waals surface area contributed by atoms with E-state index in [9.17, 15) is 13.6 Å². The number of hydrogen-bond acceptors (Lipinski definition) is 3. The summed E-state index contributed by atoms with van der Waals surface area (Å²) >= 11 is 0. The maximum atomic E-state index is 11.7. The van der Waals surface area contributed by atoms with Crippen molar-refractivity contribution in [3.05, 3.63) is 12.2 Å². The first-order valence-electron chi connectivity index (χ1n) is 4.54. The summed E-state index contributed by atoms with van der Waals surface area (Å²) in [6.07, 6.45) is -1.51. The Morgan fingerprint density at radius 2 is 1.86 bits per heavy atom. The van der Waals surface area contributed by atoms with Crippen LogP contribution in [-0.4, -0.2) is 55.4 Å². The van der Waals surface area contributed by atoms with Gasteiger partial charge in [-0.05, 0) is 7.05 Å². The molecular formula is C9H14F2N2O. The van der Waals surface area contributed by atoms with Gasteiger partial charge in [0.2, 0.25) is 0 Å². The van der Waals surface area contributed by atoms with Crippen LogP contribution in [0.25, 0.3) is 0 Å². The molecule has 0 aromatic rings. The van der Waals surface area contributed by atoms with Gasteiger partial charge >= 0.3 is 0 Å². The molecule has 3 nitrogen and oxygen atoms in total. The summed E-state index contributed by atoms with van der Waals surface area (Å²) in [5, 5.41) is 0. The summed E-state index contributed by atoms with van der Waals surface area (Å²) in [5.41, 5.74) is 0. The SMILES string of the molecule is CN1CCN(CC(=O)C=C(F)F)CC1. The van der Waals surface area contributed by atoms with Crippen LogP contribution in [0.4, 0.5) is 8.78 Å². The maximum Gasteiger partial charge on any atom is 0.273 e. The van der Waals surface area contributed by atoms with E-state index in [1.807, 2.05) is 11.9 Å². The van der Waals surface area contributed by atoms with Crippen molar-refractivity contribution in [1.82, 2.24) is 9.80 Å². The van der Waals surface area contributed by atoms with Crippen molar-refractivity contribution in [3.63, 3.8) is 0 Å². The quantitative estimate of drug-likeness (QED) is 0.628. The van der Waals surface area contributed by atoms with Crippen molar-refractivity contribution in [2.75, 3.05) is 39.8 Å². The number of hydrogen-bond donors (Lipinski definition) is 0. The third kappa shape index (κ3) is 3.93. The molecule has 1 aliphatic rings. The zero-order valence-electron chi connectivity index (χ0n) is 8.17. The molecule has 1 fully saturated rings. The molecule has 1 heterocycles. The van der Waals surface area contributed by atoms with Crippen molar-refractivity contribution in [2.45, 2.75) is 0 Å². The van der Waals surface area contributed by atoms with Crippen molar-refractivity contribution in [3.8, 4) is 0 Å². The summed E-state index contributed by atoms with van der Waals surface area (Å²) in [6.45, 7) is 3.41. The summed E-state index contributed by atoms with van der Waals surface area (Å²) < 4.78 is 23.4. The molecule has 1 rings (SSSR count). The highest BCUT2D eigenvalue weighted by Gasteiger charge is 2.15. The first kappa shape index (κ1) is 11.3. The molecule has 0 atom stereocenters. The highest BCUT2D eigenvalue weighted by Crippen LogP contribution is 2.01. The van der Waals surface area contributed by atoms with Gasteiger partial charge in [0.25, 0.3) is 6.08 Å². The predicted molar refractivity (Wildman–Crippen MR) is 49.2 cm³/mol. The van der Waals surface area contributed by atoms with Crippen LogP contribution in [0.5, 0.6) is 0 Å². The Bertz CT molecular complexity index is 231. The van der Waals surface area contributed by atoms with Crippen LogP contribution in [-0.2, 0) is 4.79 Å². The second-order valence-electron chi connectivity index (χ2n) is 3.48. The minimum Gasteiger partial charge on any atom is -0.304 e. The van der Waals surface area contributed by atoms with Gasteiger partial charge in [-0.1, -0.05) is 0 Å². The summed E-state index contributed by atoms with van der Waals surface area (Å²) in [4.78, 5) is 15.0. The lowest BCUT2D eigenvalue weighted by Gasteiger charge is -2.31. The van der Waals surface area contributed by atoms with E-state index in [4.69, 9.17) is 0 Å². The lowest BCUT2D eigenvalue weighted by molar-refractivity contribution is -0.116. The van der Waals surface area contributed by atoms with Crippen LogP contribution in [0.1, 0.15) is 0 Å². The van der Waals surface area contributed by atoms with Crippen LogP contribution in [0.2, 0.25) is 0 Å². The number of piperazine rings is 1. The first-order valence-corrected chi connectivity index (χ1v) is 4.54. The van der Waals surface area contributed by atoms with Gasteiger partial charge in [0.15, 0.2) is 5.78 Å². The van der Waals surface area contributed by atoms with E-state index in [0.717, 1.165) is 26.2 Å². The van der Waals surface area contributed by atoms with E-state index < -0.39 is 11.9 Å². The molecule has 1 aliphatic heterocycles. The number of halogens is 2. The maximum absolute atomic E-state index is 11.7. The van der Waals surface area contributed by atoms with E-state index in [1.54, 1.807) is 0 Å². The third-order valence-corrected chi connectivity index (χ3v) is 2.25. The number of likely N-dealkylation sites (N-methyl/N-ethyl adjacent to an activating group) is 1. The van der Waals surface area contributed by atoms with Gasteiger partial charge in [0, 0.05) is 32.3 Å². The molecule has 5 heteroatoms. The smallest absolute Gasteiger partial charge is 0.273 e. The van der Waals surface area contributed by atoms with Crippen LogP contribution < -0.4 is 0 Å². The van der Waals surface area contributed by atoms with E-state index in [-0.39, 0.29) is 6.54 Å². The van der Waals surface area contributed by atoms with Gasteiger partial charge in [-0.3, -0.25) is 9.69 Å². The number of nitrogens with zero attached hydrogens (tertiary/aromatic N) is 2. The molecule has 14 heavy (non-hydrogen) atoms. The standard InChI is InChI=1S/C9H14F2N2O/c1-12-2-4-13(5-3-12)7-8(14)6-9(10)11/h6H,2-5,7H2,1H3. The van der Waals surface area contributed by atoms with Crippen molar-refractivity contribution in [1.29, 1.82) is 0 Å². The normalized spacial score (nSPS) is 19.4. The zero-order valence-corrected chi connectivity index (χ0v) is 8.17. The summed E-state index contributed by atoms with van der Waals surface area (Å²) in [7, 11) is 2.00. The molecule has 0 aromatic heterocycles. The molecule has 0 aliphatic carbocycles. The van der Waals surface area contributed by atoms with Crippen molar-refractivity contribution < 1.29 is 13.6 Å². The summed E-state index contributed by atoms with van der Waals surface area (Å²) in [6, 6.07) is 0. The van der Waals surface area contributed by atoms with Crippen LogP contribution in [0.3, 0.4) is 0 Å². The Balaban J connectivity index is 2.31. The molecule has 0 amide bonds. The number of rotatable bonds is 3. The monoisotopic (exact) mass is 204 g/mol. The summed E-state index contributed by atoms with van der Waals surface area (Å²) in [5.74, 6) is -0.519. The molecule has 0 spiro atoms. The van der Waals surface area contributed by atoms with Crippen molar-refractivity contribution in [2.24, 2.45) is 0 Å². The number of carbonyl (C=O) groups excluding carboxylic acids is 1. The highest BCUT2D eigenvalue weighted by molar-refractivity contribution is 5.91. The Kier molecular flexibility index (Phi) is 4.16. The first-order chi connectivity index (χ1) is 6.58. The molecule has 0 bridgehead atoms. The van der Waals surface area contributed by atoms with Gasteiger partial charge in [0.1, 0.15) is 0 Å². The van der Waals surface area contributed by atoms with Crippen molar-refractivity contribution >= 4 is 5.78 Å². The van der Waals surface area contributed by atoms with E-state index >= 15 is 0 Å². The van der Waals surface area contributed by atoms with Gasteiger partial charge < -0.3 is 4.90 Å². The molecule has 0 saturated carbocycles. The molecule has 0 aromatic carbocycles. The largest absolute Gasteiger partial charge is 0.304 e. The molecular weight excluding hydrogens is 190 g/mol. The van der Waals surface area contributed by atoms with Gasteiger partial charge in [-0.15, -0.1) is 0 Å². The highest BCUT2D eigenvalue weighted by atomic mass is 19.3. The average molecular weight is 204 g/mol. The molecule has 80 valence electrons. The van der Waals surface area contributed by atoms with E-state index in [0.29, 0.717) is 6.08 Å². The fourth-order valence-electron chi connectivity index (χ4n) is 1.39. The lowest BCUT2D eigenvalue weighted by Crippen LogP contribution is -2.46.